The number of esters is 1. The van der Waals surface area contributed by atoms with Crippen molar-refractivity contribution in [2.75, 3.05) is 20.8 Å². The largest absolute Gasteiger partial charge is 0.493 e. The summed E-state index contributed by atoms with van der Waals surface area (Å²) in [6.45, 7) is 3.65. The van der Waals surface area contributed by atoms with E-state index in [9.17, 15) is 9.59 Å². The van der Waals surface area contributed by atoms with Gasteiger partial charge in [0, 0.05) is 16.1 Å². The van der Waals surface area contributed by atoms with Gasteiger partial charge in [-0.3, -0.25) is 9.36 Å². The van der Waals surface area contributed by atoms with E-state index in [2.05, 4.69) is 20.9 Å². The van der Waals surface area contributed by atoms with Gasteiger partial charge in [-0.2, -0.15) is 0 Å². The van der Waals surface area contributed by atoms with Gasteiger partial charge in [0.1, 0.15) is 11.5 Å². The molecule has 0 amide bonds. The van der Waals surface area contributed by atoms with Gasteiger partial charge >= 0.3 is 5.97 Å². The van der Waals surface area contributed by atoms with Crippen molar-refractivity contribution in [3.63, 3.8) is 0 Å². The Labute approximate surface area is 246 Å². The molecular weight excluding hydrogens is 620 g/mol. The maximum Gasteiger partial charge on any atom is 0.338 e. The van der Waals surface area contributed by atoms with Crippen molar-refractivity contribution < 1.29 is 23.4 Å². The van der Waals surface area contributed by atoms with Crippen LogP contribution in [0.3, 0.4) is 0 Å². The number of thiazole rings is 1. The lowest BCUT2D eigenvalue weighted by Gasteiger charge is -2.25. The Kier molecular flexibility index (Phi) is 8.02. The van der Waals surface area contributed by atoms with Gasteiger partial charge in [0.2, 0.25) is 0 Å². The summed E-state index contributed by atoms with van der Waals surface area (Å²) in [5.41, 5.74) is 1.88. The van der Waals surface area contributed by atoms with Crippen molar-refractivity contribution in [1.82, 2.24) is 4.57 Å². The first-order chi connectivity index (χ1) is 19.2. The van der Waals surface area contributed by atoms with E-state index in [1.165, 1.54) is 23.0 Å². The fraction of sp³-hybridized carbons (Fsp3) is 0.207. The predicted molar refractivity (Wildman–Crippen MR) is 157 cm³/mol. The van der Waals surface area contributed by atoms with Crippen LogP contribution in [0.5, 0.6) is 11.5 Å². The van der Waals surface area contributed by atoms with Crippen LogP contribution in [0.4, 0.5) is 0 Å². The van der Waals surface area contributed by atoms with E-state index in [-0.39, 0.29) is 17.7 Å². The van der Waals surface area contributed by atoms with Crippen molar-refractivity contribution in [2.45, 2.75) is 19.9 Å². The number of nitrogens with zero attached hydrogens (tertiary/aromatic N) is 2. The van der Waals surface area contributed by atoms with Crippen LogP contribution in [0.25, 0.3) is 17.4 Å². The maximum absolute atomic E-state index is 13.9. The molecule has 0 aliphatic carbocycles. The Morgan fingerprint density at radius 2 is 1.93 bits per heavy atom. The Morgan fingerprint density at radius 3 is 2.62 bits per heavy atom. The summed E-state index contributed by atoms with van der Waals surface area (Å²) in [6.07, 6.45) is 1.67. The number of carbonyl (C=O) groups is 1. The van der Waals surface area contributed by atoms with Crippen LogP contribution in [-0.4, -0.2) is 31.4 Å². The molecule has 206 valence electrons. The second-order valence-electron chi connectivity index (χ2n) is 8.75. The van der Waals surface area contributed by atoms with Crippen LogP contribution >= 0.6 is 38.9 Å². The van der Waals surface area contributed by atoms with E-state index in [0.29, 0.717) is 48.6 Å². The number of ether oxygens (including phenoxy) is 3. The number of hydrogen-bond acceptors (Lipinski definition) is 8. The number of aromatic nitrogens is 1. The number of methoxy groups -OCH3 is 2. The maximum atomic E-state index is 13.9. The Bertz CT molecular complexity index is 1840. The molecule has 0 saturated heterocycles. The number of halogens is 2. The molecule has 5 rings (SSSR count). The molecule has 0 radical (unpaired) electrons. The molecule has 0 unspecified atom stereocenters. The van der Waals surface area contributed by atoms with Gasteiger partial charge in [0.15, 0.2) is 16.3 Å². The summed E-state index contributed by atoms with van der Waals surface area (Å²) in [5.74, 6) is 1.55. The normalized spacial score (nSPS) is 15.1. The molecule has 0 saturated carbocycles. The fourth-order valence-corrected chi connectivity index (χ4v) is 5.95. The summed E-state index contributed by atoms with van der Waals surface area (Å²) >= 11 is 10.8. The molecule has 11 heteroatoms. The van der Waals surface area contributed by atoms with Gasteiger partial charge in [-0.25, -0.2) is 9.79 Å². The third-order valence-electron chi connectivity index (χ3n) is 6.34. The number of benzene rings is 2. The van der Waals surface area contributed by atoms with E-state index in [1.54, 1.807) is 57.4 Å². The molecule has 2 aromatic heterocycles. The first kappa shape index (κ1) is 27.9. The molecule has 1 atom stereocenters. The highest BCUT2D eigenvalue weighted by Crippen LogP contribution is 2.36. The zero-order chi connectivity index (χ0) is 28.6. The zero-order valence-electron chi connectivity index (χ0n) is 22.0. The van der Waals surface area contributed by atoms with E-state index in [0.717, 1.165) is 10.0 Å². The molecule has 40 heavy (non-hydrogen) atoms. The smallest absolute Gasteiger partial charge is 0.338 e. The van der Waals surface area contributed by atoms with Crippen LogP contribution in [-0.2, 0) is 9.53 Å². The molecule has 1 aliphatic rings. The number of hydrogen-bond donors (Lipinski definition) is 0. The Hall–Kier alpha value is -3.60. The second kappa shape index (κ2) is 11.5. The average molecular weight is 644 g/mol. The van der Waals surface area contributed by atoms with E-state index < -0.39 is 12.0 Å². The standard InChI is InChI=1S/C29H24BrClN2O6S/c1-5-38-28(35)25-15(2)32-29-33(26(25)17-7-10-22(36-3)23(13-17)37-4)27(34)24(40-29)14-18-8-11-21(39-18)16-6-9-19(30)20(31)12-16/h6-14,26H,5H2,1-4H3/b24-14-/t26-/m0/s1. The summed E-state index contributed by atoms with van der Waals surface area (Å²) in [7, 11) is 3.07. The Balaban J connectivity index is 1.65. The third-order valence-corrected chi connectivity index (χ3v) is 8.56. The van der Waals surface area contributed by atoms with Gasteiger partial charge in [0.25, 0.3) is 5.56 Å². The lowest BCUT2D eigenvalue weighted by atomic mass is 9.95. The van der Waals surface area contributed by atoms with Gasteiger partial charge in [-0.05, 0) is 71.7 Å². The molecule has 4 aromatic rings. The van der Waals surface area contributed by atoms with Crippen molar-refractivity contribution in [3.8, 4) is 22.8 Å². The minimum Gasteiger partial charge on any atom is -0.493 e. The van der Waals surface area contributed by atoms with Gasteiger partial charge in [0.05, 0.1) is 47.7 Å². The molecule has 0 bridgehead atoms. The SMILES string of the molecule is CCOC(=O)C1=C(C)N=c2s/c(=C\c3ccc(-c4ccc(Br)c(Cl)c4)o3)c(=O)n2[C@H]1c1ccc(OC)c(OC)c1. The van der Waals surface area contributed by atoms with Gasteiger partial charge in [-0.15, -0.1) is 0 Å². The molecule has 3 heterocycles. The molecule has 0 N–H and O–H groups in total. The zero-order valence-corrected chi connectivity index (χ0v) is 25.1. The summed E-state index contributed by atoms with van der Waals surface area (Å²) in [6, 6.07) is 13.6. The highest BCUT2D eigenvalue weighted by Gasteiger charge is 2.34. The number of fused-ring (bicyclic) bond motifs is 1. The first-order valence-electron chi connectivity index (χ1n) is 12.2. The van der Waals surface area contributed by atoms with E-state index >= 15 is 0 Å². The number of carbonyl (C=O) groups excluding carboxylic acids is 1. The van der Waals surface area contributed by atoms with Gasteiger partial charge in [-0.1, -0.05) is 35.1 Å². The van der Waals surface area contributed by atoms with Crippen LogP contribution in [0.15, 0.2) is 78.5 Å². The van der Waals surface area contributed by atoms with Crippen LogP contribution < -0.4 is 24.4 Å². The van der Waals surface area contributed by atoms with E-state index in [1.807, 2.05) is 18.2 Å². The molecular formula is C29H24BrClN2O6S. The Morgan fingerprint density at radius 1 is 1.15 bits per heavy atom. The highest BCUT2D eigenvalue weighted by atomic mass is 79.9. The first-order valence-corrected chi connectivity index (χ1v) is 14.2. The number of furan rings is 1. The summed E-state index contributed by atoms with van der Waals surface area (Å²) in [5, 5.41) is 0.562. The minimum atomic E-state index is -0.783. The van der Waals surface area contributed by atoms with Crippen molar-refractivity contribution in [1.29, 1.82) is 0 Å². The van der Waals surface area contributed by atoms with Crippen molar-refractivity contribution in [2.24, 2.45) is 4.99 Å². The average Bonchev–Trinajstić information content (AvgIpc) is 3.53. The molecule has 8 nitrogen and oxygen atoms in total. The number of rotatable bonds is 7. The lowest BCUT2D eigenvalue weighted by molar-refractivity contribution is -0.139. The molecule has 0 fully saturated rings. The topological polar surface area (TPSA) is 92.3 Å². The predicted octanol–water partition coefficient (Wildman–Crippen LogP) is 5.49. The molecule has 1 aliphatic heterocycles. The molecule has 2 aromatic carbocycles. The van der Waals surface area contributed by atoms with Crippen molar-refractivity contribution in [3.05, 3.63) is 100 Å². The second-order valence-corrected chi connectivity index (χ2v) is 11.0. The monoisotopic (exact) mass is 642 g/mol. The fourth-order valence-electron chi connectivity index (χ4n) is 4.49. The lowest BCUT2D eigenvalue weighted by Crippen LogP contribution is -2.39. The highest BCUT2D eigenvalue weighted by molar-refractivity contribution is 9.10. The van der Waals surface area contributed by atoms with Gasteiger partial charge < -0.3 is 18.6 Å². The minimum absolute atomic E-state index is 0.184. The van der Waals surface area contributed by atoms with Crippen LogP contribution in [0, 0.1) is 0 Å². The van der Waals surface area contributed by atoms with Crippen molar-refractivity contribution >= 4 is 50.9 Å². The summed E-state index contributed by atoms with van der Waals surface area (Å²) < 4.78 is 25.0. The van der Waals surface area contributed by atoms with Crippen LogP contribution in [0.2, 0.25) is 5.02 Å². The number of allylic oxidation sites excluding steroid dienone is 1. The quantitative estimate of drug-likeness (QED) is 0.247. The van der Waals surface area contributed by atoms with Crippen LogP contribution in [0.1, 0.15) is 31.2 Å². The van der Waals surface area contributed by atoms with E-state index in [4.69, 9.17) is 30.2 Å². The molecule has 0 spiro atoms. The summed E-state index contributed by atoms with van der Waals surface area (Å²) in [4.78, 5) is 32.0. The third kappa shape index (κ3) is 5.14.